The van der Waals surface area contributed by atoms with Gasteiger partial charge in [-0.3, -0.25) is 0 Å². The summed E-state index contributed by atoms with van der Waals surface area (Å²) in [6.45, 7) is 6.84. The van der Waals surface area contributed by atoms with E-state index in [2.05, 4.69) is 5.32 Å². The van der Waals surface area contributed by atoms with Crippen LogP contribution in [0.2, 0.25) is 5.02 Å². The Labute approximate surface area is 134 Å². The molecule has 0 radical (unpaired) electrons. The first-order valence-electron chi connectivity index (χ1n) is 6.62. The fourth-order valence-corrected chi connectivity index (χ4v) is 2.24. The summed E-state index contributed by atoms with van der Waals surface area (Å²) in [5.41, 5.74) is 0.252. The lowest BCUT2D eigenvalue weighted by Crippen LogP contribution is -2.38. The Bertz CT molecular complexity index is 580. The number of carbonyl (C=O) groups is 2. The van der Waals surface area contributed by atoms with Gasteiger partial charge in [0.25, 0.3) is 0 Å². The minimum atomic E-state index is -1.34. The molecule has 1 aromatic rings. The zero-order valence-corrected chi connectivity index (χ0v) is 13.9. The molecule has 0 aliphatic carbocycles. The summed E-state index contributed by atoms with van der Waals surface area (Å²) >= 11 is 6.19. The molecule has 22 heavy (non-hydrogen) atoms. The topological polar surface area (TPSA) is 84.9 Å². The van der Waals surface area contributed by atoms with Crippen LogP contribution in [0.15, 0.2) is 12.1 Å². The van der Waals surface area contributed by atoms with Crippen LogP contribution in [0.3, 0.4) is 0 Å². The summed E-state index contributed by atoms with van der Waals surface area (Å²) in [6.07, 6.45) is -0.837. The van der Waals surface area contributed by atoms with Crippen molar-refractivity contribution in [1.29, 1.82) is 0 Å². The first kappa shape index (κ1) is 18.1. The van der Waals surface area contributed by atoms with E-state index in [1.165, 1.54) is 13.2 Å². The molecule has 7 heteroatoms. The number of hydrogen-bond donors (Lipinski definition) is 2. The molecule has 0 fully saturated rings. The number of alkyl carbamates (subject to hydrolysis) is 1. The molecule has 0 aliphatic rings. The number of benzene rings is 1. The van der Waals surface area contributed by atoms with Crippen molar-refractivity contribution >= 4 is 23.7 Å². The van der Waals surface area contributed by atoms with Crippen LogP contribution >= 0.6 is 11.6 Å². The van der Waals surface area contributed by atoms with Crippen molar-refractivity contribution in [3.63, 3.8) is 0 Å². The molecule has 0 saturated heterocycles. The number of hydrogen-bond acceptors (Lipinski definition) is 4. The predicted molar refractivity (Wildman–Crippen MR) is 82.5 cm³/mol. The Morgan fingerprint density at radius 1 is 1.32 bits per heavy atom. The van der Waals surface area contributed by atoms with Crippen LogP contribution in [-0.2, 0) is 9.53 Å². The highest BCUT2D eigenvalue weighted by molar-refractivity contribution is 6.33. The highest BCUT2D eigenvalue weighted by atomic mass is 35.5. The number of nitrogens with one attached hydrogen (secondary N) is 1. The molecular weight excluding hydrogens is 310 g/mol. The lowest BCUT2D eigenvalue weighted by atomic mass is 10.0. The Hall–Kier alpha value is -1.95. The van der Waals surface area contributed by atoms with Crippen LogP contribution in [0, 0.1) is 6.92 Å². The Balaban J connectivity index is 3.12. The number of carboxylic acids is 1. The fraction of sp³-hybridized carbons (Fsp3) is 0.467. The SMILES string of the molecule is COc1c(C)ccc(C(NC(=O)OC(C)(C)C)C(=O)O)c1Cl. The molecule has 0 saturated carbocycles. The van der Waals surface area contributed by atoms with E-state index in [1.807, 2.05) is 0 Å². The monoisotopic (exact) mass is 329 g/mol. The number of rotatable bonds is 4. The van der Waals surface area contributed by atoms with Crippen LogP contribution in [0.4, 0.5) is 4.79 Å². The molecule has 122 valence electrons. The van der Waals surface area contributed by atoms with E-state index in [9.17, 15) is 14.7 Å². The summed E-state index contributed by atoms with van der Waals surface area (Å²) in [5.74, 6) is -0.880. The maximum absolute atomic E-state index is 11.8. The van der Waals surface area contributed by atoms with Crippen LogP contribution in [0.1, 0.15) is 37.9 Å². The van der Waals surface area contributed by atoms with Gasteiger partial charge in [-0.25, -0.2) is 9.59 Å². The summed E-state index contributed by atoms with van der Waals surface area (Å²) in [4.78, 5) is 23.3. The summed E-state index contributed by atoms with van der Waals surface area (Å²) in [6, 6.07) is 1.88. The van der Waals surface area contributed by atoms with Gasteiger partial charge in [0.15, 0.2) is 6.04 Å². The predicted octanol–water partition coefficient (Wildman–Crippen LogP) is 3.31. The third-order valence-corrected chi connectivity index (χ3v) is 3.14. The van der Waals surface area contributed by atoms with E-state index in [1.54, 1.807) is 33.8 Å². The molecule has 0 aliphatic heterocycles. The molecule has 1 rings (SSSR count). The third-order valence-electron chi connectivity index (χ3n) is 2.75. The van der Waals surface area contributed by atoms with Crippen LogP contribution in [0.5, 0.6) is 5.75 Å². The first-order chi connectivity index (χ1) is 10.1. The van der Waals surface area contributed by atoms with Crippen LogP contribution in [-0.4, -0.2) is 29.9 Å². The van der Waals surface area contributed by atoms with E-state index in [0.717, 1.165) is 5.56 Å². The number of carboxylic acid groups (broad SMARTS) is 1. The molecular formula is C15H20ClNO5. The Kier molecular flexibility index (Phi) is 5.65. The van der Waals surface area contributed by atoms with Crippen LogP contribution < -0.4 is 10.1 Å². The highest BCUT2D eigenvalue weighted by Gasteiger charge is 2.28. The zero-order chi connectivity index (χ0) is 17.1. The molecule has 6 nitrogen and oxygen atoms in total. The van der Waals surface area contributed by atoms with Gasteiger partial charge in [-0.15, -0.1) is 0 Å². The number of carbonyl (C=O) groups excluding carboxylic acids is 1. The van der Waals surface area contributed by atoms with E-state index >= 15 is 0 Å². The quantitative estimate of drug-likeness (QED) is 0.885. The number of ether oxygens (including phenoxy) is 2. The van der Waals surface area contributed by atoms with Crippen molar-refractivity contribution in [1.82, 2.24) is 5.32 Å². The molecule has 2 N–H and O–H groups in total. The smallest absolute Gasteiger partial charge is 0.408 e. The van der Waals surface area contributed by atoms with Crippen molar-refractivity contribution in [2.24, 2.45) is 0 Å². The summed E-state index contributed by atoms with van der Waals surface area (Å²) < 4.78 is 10.2. The molecule has 0 spiro atoms. The number of methoxy groups -OCH3 is 1. The molecule has 1 aromatic carbocycles. The second kappa shape index (κ2) is 6.87. The van der Waals surface area contributed by atoms with Gasteiger partial charge in [0.05, 0.1) is 12.1 Å². The first-order valence-corrected chi connectivity index (χ1v) is 7.00. The lowest BCUT2D eigenvalue weighted by molar-refractivity contribution is -0.139. The van der Waals surface area contributed by atoms with Gasteiger partial charge in [-0.1, -0.05) is 23.7 Å². The second-order valence-corrected chi connectivity index (χ2v) is 6.11. The van der Waals surface area contributed by atoms with Gasteiger partial charge in [0, 0.05) is 5.56 Å². The number of aliphatic carboxylic acids is 1. The Morgan fingerprint density at radius 2 is 1.91 bits per heavy atom. The number of amides is 1. The summed E-state index contributed by atoms with van der Waals surface area (Å²) in [5, 5.41) is 11.8. The minimum absolute atomic E-state index is 0.144. The van der Waals surface area contributed by atoms with Crippen LogP contribution in [0.25, 0.3) is 0 Å². The maximum atomic E-state index is 11.8. The fourth-order valence-electron chi connectivity index (χ4n) is 1.84. The van der Waals surface area contributed by atoms with Gasteiger partial charge in [-0.05, 0) is 33.3 Å². The standard InChI is InChI=1S/C15H20ClNO5/c1-8-6-7-9(10(16)12(8)21-5)11(13(18)19)17-14(20)22-15(2,3)4/h6-7,11H,1-5H3,(H,17,20)(H,18,19). The van der Waals surface area contributed by atoms with Crippen molar-refractivity contribution in [3.8, 4) is 5.75 Å². The van der Waals surface area contributed by atoms with E-state index < -0.39 is 23.7 Å². The van der Waals surface area contributed by atoms with Gasteiger partial charge in [0.2, 0.25) is 0 Å². The molecule has 1 unspecified atom stereocenters. The van der Waals surface area contributed by atoms with Gasteiger partial charge < -0.3 is 19.9 Å². The van der Waals surface area contributed by atoms with Crippen molar-refractivity contribution < 1.29 is 24.2 Å². The second-order valence-electron chi connectivity index (χ2n) is 5.74. The molecule has 0 aromatic heterocycles. The summed E-state index contributed by atoms with van der Waals surface area (Å²) in [7, 11) is 1.44. The Morgan fingerprint density at radius 3 is 2.36 bits per heavy atom. The van der Waals surface area contributed by atoms with Crippen molar-refractivity contribution in [2.75, 3.05) is 7.11 Å². The number of aryl methyl sites for hydroxylation is 1. The minimum Gasteiger partial charge on any atom is -0.495 e. The van der Waals surface area contributed by atoms with Gasteiger partial charge in [0.1, 0.15) is 11.4 Å². The van der Waals surface area contributed by atoms with Gasteiger partial charge >= 0.3 is 12.1 Å². The van der Waals surface area contributed by atoms with E-state index in [-0.39, 0.29) is 10.6 Å². The number of halogens is 1. The zero-order valence-electron chi connectivity index (χ0n) is 13.2. The van der Waals surface area contributed by atoms with Crippen molar-refractivity contribution in [3.05, 3.63) is 28.3 Å². The van der Waals surface area contributed by atoms with Crippen molar-refractivity contribution in [2.45, 2.75) is 39.3 Å². The molecule has 1 amide bonds. The molecule has 0 heterocycles. The lowest BCUT2D eigenvalue weighted by Gasteiger charge is -2.23. The maximum Gasteiger partial charge on any atom is 0.408 e. The molecule has 1 atom stereocenters. The van der Waals surface area contributed by atoms with Gasteiger partial charge in [-0.2, -0.15) is 0 Å². The average Bonchev–Trinajstić information content (AvgIpc) is 2.35. The molecule has 0 bridgehead atoms. The third kappa shape index (κ3) is 4.53. The average molecular weight is 330 g/mol. The normalized spacial score (nSPS) is 12.5. The highest BCUT2D eigenvalue weighted by Crippen LogP contribution is 2.35. The van der Waals surface area contributed by atoms with E-state index in [0.29, 0.717) is 5.75 Å². The largest absolute Gasteiger partial charge is 0.495 e. The van der Waals surface area contributed by atoms with E-state index in [4.69, 9.17) is 21.1 Å².